The van der Waals surface area contributed by atoms with Crippen molar-refractivity contribution in [2.24, 2.45) is 7.05 Å². The van der Waals surface area contributed by atoms with Gasteiger partial charge in [0.2, 0.25) is 0 Å². The fourth-order valence-electron chi connectivity index (χ4n) is 3.35. The van der Waals surface area contributed by atoms with Gasteiger partial charge in [0.1, 0.15) is 0 Å². The largest absolute Gasteiger partial charge is 0.308 e. The Morgan fingerprint density at radius 2 is 1.76 bits per heavy atom. The summed E-state index contributed by atoms with van der Waals surface area (Å²) in [7, 11) is 1.96. The Balaban J connectivity index is 2.07. The molecule has 136 valence electrons. The Kier molecular flexibility index (Phi) is 5.15. The van der Waals surface area contributed by atoms with Crippen LogP contribution in [0.1, 0.15) is 24.1 Å². The minimum absolute atomic E-state index is 0.352. The van der Waals surface area contributed by atoms with Crippen molar-refractivity contribution in [3.8, 4) is 0 Å². The van der Waals surface area contributed by atoms with Gasteiger partial charge in [-0.2, -0.15) is 13.5 Å². The van der Waals surface area contributed by atoms with Gasteiger partial charge in [0, 0.05) is 25.7 Å². The van der Waals surface area contributed by atoms with Crippen LogP contribution in [0.5, 0.6) is 0 Å². The fourth-order valence-corrected chi connectivity index (χ4v) is 5.19. The Labute approximate surface area is 150 Å². The summed E-state index contributed by atoms with van der Waals surface area (Å²) in [5.74, 6) is 0. The summed E-state index contributed by atoms with van der Waals surface area (Å²) in [5.41, 5.74) is 2.53. The van der Waals surface area contributed by atoms with Crippen LogP contribution < -0.4 is 4.31 Å². The van der Waals surface area contributed by atoms with E-state index in [0.717, 1.165) is 36.9 Å². The van der Waals surface area contributed by atoms with Crippen molar-refractivity contribution in [1.29, 1.82) is 0 Å². The highest BCUT2D eigenvalue weighted by Crippen LogP contribution is 2.31. The third-order valence-corrected chi connectivity index (χ3v) is 6.56. The van der Waals surface area contributed by atoms with E-state index in [1.54, 1.807) is 11.7 Å². The molecule has 6 nitrogen and oxygen atoms in total. The summed E-state index contributed by atoms with van der Waals surface area (Å²) < 4.78 is 30.2. The normalized spacial score (nSPS) is 14.6. The van der Waals surface area contributed by atoms with Crippen LogP contribution in [-0.2, 0) is 29.9 Å². The second-order valence-electron chi connectivity index (χ2n) is 6.78. The van der Waals surface area contributed by atoms with E-state index in [4.69, 9.17) is 0 Å². The van der Waals surface area contributed by atoms with Crippen LogP contribution in [0.4, 0.5) is 5.69 Å². The maximum atomic E-state index is 13.5. The van der Waals surface area contributed by atoms with Crippen LogP contribution in [-0.4, -0.2) is 50.3 Å². The summed E-state index contributed by atoms with van der Waals surface area (Å²) in [6.07, 6.45) is 3.74. The van der Waals surface area contributed by atoms with E-state index in [9.17, 15) is 8.42 Å². The Bertz CT molecular complexity index is 828. The van der Waals surface area contributed by atoms with E-state index >= 15 is 0 Å². The molecule has 0 saturated heterocycles. The number of hydrogen-bond donors (Lipinski definition) is 0. The molecule has 0 fully saturated rings. The molecule has 0 atom stereocenters. The zero-order chi connectivity index (χ0) is 18.0. The van der Waals surface area contributed by atoms with Crippen molar-refractivity contribution >= 4 is 15.7 Å². The highest BCUT2D eigenvalue weighted by molar-refractivity contribution is 7.92. The first-order valence-electron chi connectivity index (χ1n) is 8.68. The molecular weight excluding hydrogens is 336 g/mol. The number of aryl methyl sites for hydroxylation is 2. The molecule has 3 rings (SSSR count). The number of benzene rings is 1. The highest BCUT2D eigenvalue weighted by Gasteiger charge is 2.33. The van der Waals surface area contributed by atoms with Crippen molar-refractivity contribution in [3.63, 3.8) is 0 Å². The maximum Gasteiger partial charge on any atom is 0.281 e. The van der Waals surface area contributed by atoms with Crippen LogP contribution in [0, 0.1) is 0 Å². The van der Waals surface area contributed by atoms with Gasteiger partial charge in [0.25, 0.3) is 10.0 Å². The summed E-state index contributed by atoms with van der Waals surface area (Å²) in [6, 6.07) is 9.32. The second kappa shape index (κ2) is 7.17. The van der Waals surface area contributed by atoms with Crippen molar-refractivity contribution < 1.29 is 8.42 Å². The number of nitrogens with zero attached hydrogens (tertiary/aromatic N) is 4. The minimum atomic E-state index is -3.67. The van der Waals surface area contributed by atoms with Gasteiger partial charge in [0.15, 0.2) is 5.03 Å². The lowest BCUT2D eigenvalue weighted by Crippen LogP contribution is -2.38. The molecule has 25 heavy (non-hydrogen) atoms. The average molecular weight is 362 g/mol. The van der Waals surface area contributed by atoms with E-state index in [1.165, 1.54) is 4.31 Å². The van der Waals surface area contributed by atoms with Gasteiger partial charge in [-0.05, 0) is 51.9 Å². The van der Waals surface area contributed by atoms with Crippen LogP contribution in [0.25, 0.3) is 0 Å². The topological polar surface area (TPSA) is 58.4 Å². The SMILES string of the molecule is CN(C)CCN(c1ccccc1)S(=O)(=O)c1c2c(nn1C)CCCC2. The molecule has 1 aromatic carbocycles. The summed E-state index contributed by atoms with van der Waals surface area (Å²) >= 11 is 0. The van der Waals surface area contributed by atoms with Crippen LogP contribution >= 0.6 is 0 Å². The van der Waals surface area contributed by atoms with Gasteiger partial charge in [-0.3, -0.25) is 8.99 Å². The van der Waals surface area contributed by atoms with Crippen molar-refractivity contribution in [2.75, 3.05) is 31.5 Å². The third-order valence-electron chi connectivity index (χ3n) is 4.59. The molecule has 0 bridgehead atoms. The standard InChI is InChI=1S/C18H26N4O2S/c1-20(2)13-14-22(15-9-5-4-6-10-15)25(23,24)18-16-11-7-8-12-17(16)19-21(18)3/h4-6,9-10H,7-8,11-14H2,1-3H3. The second-order valence-corrected chi connectivity index (χ2v) is 8.55. The average Bonchev–Trinajstić information content (AvgIpc) is 2.92. The van der Waals surface area contributed by atoms with E-state index in [1.807, 2.05) is 49.3 Å². The molecule has 0 spiro atoms. The summed E-state index contributed by atoms with van der Waals surface area (Å²) in [5, 5.41) is 4.84. The number of sulfonamides is 1. The number of aromatic nitrogens is 2. The van der Waals surface area contributed by atoms with Gasteiger partial charge < -0.3 is 4.90 Å². The minimum Gasteiger partial charge on any atom is -0.308 e. The molecule has 0 N–H and O–H groups in total. The van der Waals surface area contributed by atoms with Gasteiger partial charge in [0.05, 0.1) is 11.4 Å². The zero-order valence-corrected chi connectivity index (χ0v) is 16.0. The van der Waals surface area contributed by atoms with E-state index in [-0.39, 0.29) is 0 Å². The van der Waals surface area contributed by atoms with Crippen LogP contribution in [0.3, 0.4) is 0 Å². The van der Waals surface area contributed by atoms with Crippen LogP contribution in [0.15, 0.2) is 35.4 Å². The van der Waals surface area contributed by atoms with Crippen molar-refractivity contribution in [3.05, 3.63) is 41.6 Å². The molecule has 0 amide bonds. The van der Waals surface area contributed by atoms with Gasteiger partial charge in [-0.25, -0.2) is 0 Å². The lowest BCUT2D eigenvalue weighted by Gasteiger charge is -2.26. The number of rotatable bonds is 6. The Hall–Kier alpha value is -1.86. The zero-order valence-electron chi connectivity index (χ0n) is 15.1. The van der Waals surface area contributed by atoms with E-state index in [2.05, 4.69) is 5.10 Å². The Morgan fingerprint density at radius 3 is 2.44 bits per heavy atom. The number of likely N-dealkylation sites (N-methyl/N-ethyl adjacent to an activating group) is 1. The van der Waals surface area contributed by atoms with Gasteiger partial charge in [-0.15, -0.1) is 0 Å². The molecule has 7 heteroatoms. The lowest BCUT2D eigenvalue weighted by atomic mass is 9.99. The first-order valence-corrected chi connectivity index (χ1v) is 10.1. The predicted octanol–water partition coefficient (Wildman–Crippen LogP) is 2.06. The molecular formula is C18H26N4O2S. The number of hydrogen-bond acceptors (Lipinski definition) is 4. The number of para-hydroxylation sites is 1. The molecule has 1 heterocycles. The molecule has 2 aromatic rings. The van der Waals surface area contributed by atoms with Crippen molar-refractivity contribution in [1.82, 2.24) is 14.7 Å². The lowest BCUT2D eigenvalue weighted by molar-refractivity contribution is 0.419. The molecule has 0 radical (unpaired) electrons. The molecule has 0 unspecified atom stereocenters. The molecule has 1 aliphatic carbocycles. The molecule has 1 aliphatic rings. The third kappa shape index (κ3) is 3.57. The number of fused-ring (bicyclic) bond motifs is 1. The first kappa shape index (κ1) is 17.9. The fraction of sp³-hybridized carbons (Fsp3) is 0.500. The monoisotopic (exact) mass is 362 g/mol. The Morgan fingerprint density at radius 1 is 1.08 bits per heavy atom. The summed E-state index contributed by atoms with van der Waals surface area (Å²) in [6.45, 7) is 1.05. The predicted molar refractivity (Wildman–Crippen MR) is 99.4 cm³/mol. The molecule has 1 aromatic heterocycles. The van der Waals surface area contributed by atoms with Gasteiger partial charge in [-0.1, -0.05) is 18.2 Å². The molecule has 0 aliphatic heterocycles. The van der Waals surface area contributed by atoms with Crippen LogP contribution in [0.2, 0.25) is 0 Å². The summed E-state index contributed by atoms with van der Waals surface area (Å²) in [4.78, 5) is 1.99. The maximum absolute atomic E-state index is 13.5. The number of anilines is 1. The molecule has 0 saturated carbocycles. The first-order chi connectivity index (χ1) is 11.9. The van der Waals surface area contributed by atoms with E-state index < -0.39 is 10.0 Å². The highest BCUT2D eigenvalue weighted by atomic mass is 32.2. The quantitative estimate of drug-likeness (QED) is 0.789. The smallest absolute Gasteiger partial charge is 0.281 e. The van der Waals surface area contributed by atoms with Gasteiger partial charge >= 0.3 is 0 Å². The van der Waals surface area contributed by atoms with Crippen molar-refractivity contribution in [2.45, 2.75) is 30.7 Å². The van der Waals surface area contributed by atoms with E-state index in [0.29, 0.717) is 23.8 Å².